The molecular formula is C12H22N2O3. The number of nitrogens with one attached hydrogen (secondary N) is 1. The molecule has 2 amide bonds. The second kappa shape index (κ2) is 6.59. The van der Waals surface area contributed by atoms with Crippen LogP contribution in [0.1, 0.15) is 45.4 Å². The Balaban J connectivity index is 2.21. The number of aliphatic hydroxyl groups excluding tert-OH is 1. The number of primary amides is 1. The number of nitrogens with two attached hydrogens (primary N) is 1. The first-order valence-corrected chi connectivity index (χ1v) is 6.25. The lowest BCUT2D eigenvalue weighted by molar-refractivity contribution is -0.123. The quantitative estimate of drug-likeness (QED) is 0.647. The van der Waals surface area contributed by atoms with Gasteiger partial charge in [0, 0.05) is 18.4 Å². The first-order valence-electron chi connectivity index (χ1n) is 6.25. The second-order valence-corrected chi connectivity index (χ2v) is 4.91. The Morgan fingerprint density at radius 2 is 1.94 bits per heavy atom. The van der Waals surface area contributed by atoms with Crippen LogP contribution in [-0.4, -0.2) is 29.1 Å². The number of carbonyl (C=O) groups excluding carboxylic acids is 2. The lowest BCUT2D eigenvalue weighted by Gasteiger charge is -2.27. The third-order valence-corrected chi connectivity index (χ3v) is 3.28. The van der Waals surface area contributed by atoms with E-state index in [0.29, 0.717) is 12.8 Å². The van der Waals surface area contributed by atoms with Crippen LogP contribution in [0.5, 0.6) is 0 Å². The van der Waals surface area contributed by atoms with E-state index in [1.165, 1.54) is 0 Å². The van der Waals surface area contributed by atoms with Gasteiger partial charge in [0.15, 0.2) is 0 Å². The van der Waals surface area contributed by atoms with E-state index < -0.39 is 6.10 Å². The van der Waals surface area contributed by atoms with Gasteiger partial charge >= 0.3 is 0 Å². The number of aliphatic hydroxyl groups is 1. The molecule has 1 saturated carbocycles. The Morgan fingerprint density at radius 1 is 1.35 bits per heavy atom. The van der Waals surface area contributed by atoms with Crippen molar-refractivity contribution in [2.75, 3.05) is 0 Å². The van der Waals surface area contributed by atoms with Gasteiger partial charge in [-0.1, -0.05) is 0 Å². The maximum atomic E-state index is 11.5. The predicted octanol–water partition coefficient (Wildman–Crippen LogP) is 0.308. The zero-order chi connectivity index (χ0) is 12.8. The fourth-order valence-corrected chi connectivity index (χ4v) is 2.16. The molecule has 1 fully saturated rings. The molecule has 1 aliphatic carbocycles. The minimum atomic E-state index is -0.439. The molecule has 1 unspecified atom stereocenters. The standard InChI is InChI=1S/C12H22N2O3/c1-8(15)2-7-11(16)14-10-5-3-9(4-6-10)12(13)17/h8-10,15H,2-7H2,1H3,(H2,13,17)(H,14,16). The van der Waals surface area contributed by atoms with E-state index in [2.05, 4.69) is 5.32 Å². The number of rotatable bonds is 5. The predicted molar refractivity (Wildman–Crippen MR) is 64.0 cm³/mol. The molecule has 0 aromatic heterocycles. The van der Waals surface area contributed by atoms with Crippen molar-refractivity contribution in [2.24, 2.45) is 11.7 Å². The third kappa shape index (κ3) is 5.17. The van der Waals surface area contributed by atoms with Gasteiger partial charge in [0.05, 0.1) is 6.10 Å². The highest BCUT2D eigenvalue weighted by molar-refractivity contribution is 5.77. The number of hydrogen-bond donors (Lipinski definition) is 3. The zero-order valence-electron chi connectivity index (χ0n) is 10.3. The summed E-state index contributed by atoms with van der Waals surface area (Å²) < 4.78 is 0. The molecule has 0 spiro atoms. The van der Waals surface area contributed by atoms with E-state index >= 15 is 0 Å². The molecule has 5 heteroatoms. The van der Waals surface area contributed by atoms with Crippen LogP contribution >= 0.6 is 0 Å². The Kier molecular flexibility index (Phi) is 5.41. The molecule has 5 nitrogen and oxygen atoms in total. The van der Waals surface area contributed by atoms with Gasteiger partial charge in [-0.25, -0.2) is 0 Å². The lowest BCUT2D eigenvalue weighted by atomic mass is 9.85. The summed E-state index contributed by atoms with van der Waals surface area (Å²) in [6.45, 7) is 1.67. The molecule has 0 radical (unpaired) electrons. The summed E-state index contributed by atoms with van der Waals surface area (Å²) in [4.78, 5) is 22.5. The smallest absolute Gasteiger partial charge is 0.220 e. The van der Waals surface area contributed by atoms with Crippen molar-refractivity contribution in [2.45, 2.75) is 57.6 Å². The Hall–Kier alpha value is -1.10. The summed E-state index contributed by atoms with van der Waals surface area (Å²) in [5, 5.41) is 12.0. The molecule has 0 aliphatic heterocycles. The molecule has 1 rings (SSSR count). The summed E-state index contributed by atoms with van der Waals surface area (Å²) in [6.07, 6.45) is 3.55. The Bertz CT molecular complexity index is 271. The van der Waals surface area contributed by atoms with Gasteiger partial charge in [0.1, 0.15) is 0 Å². The molecule has 0 bridgehead atoms. The van der Waals surface area contributed by atoms with Crippen molar-refractivity contribution < 1.29 is 14.7 Å². The van der Waals surface area contributed by atoms with Crippen molar-refractivity contribution >= 4 is 11.8 Å². The van der Waals surface area contributed by atoms with Crippen LogP contribution < -0.4 is 11.1 Å². The van der Waals surface area contributed by atoms with Crippen LogP contribution in [0.25, 0.3) is 0 Å². The van der Waals surface area contributed by atoms with Crippen LogP contribution in [0.3, 0.4) is 0 Å². The largest absolute Gasteiger partial charge is 0.393 e. The molecule has 0 saturated heterocycles. The fraction of sp³-hybridized carbons (Fsp3) is 0.833. The van der Waals surface area contributed by atoms with E-state index in [0.717, 1.165) is 25.7 Å². The normalized spacial score (nSPS) is 26.2. The SMILES string of the molecule is CC(O)CCC(=O)NC1CCC(C(N)=O)CC1. The minimum absolute atomic E-state index is 0.0200. The van der Waals surface area contributed by atoms with E-state index in [1.807, 2.05) is 0 Å². The average Bonchev–Trinajstić information content (AvgIpc) is 2.27. The van der Waals surface area contributed by atoms with Crippen molar-refractivity contribution in [3.05, 3.63) is 0 Å². The number of amides is 2. The van der Waals surface area contributed by atoms with Crippen LogP contribution in [-0.2, 0) is 9.59 Å². The van der Waals surface area contributed by atoms with Crippen LogP contribution in [0, 0.1) is 5.92 Å². The molecule has 0 heterocycles. The fourth-order valence-electron chi connectivity index (χ4n) is 2.16. The highest BCUT2D eigenvalue weighted by Crippen LogP contribution is 2.23. The summed E-state index contributed by atoms with van der Waals surface area (Å²) in [5.74, 6) is -0.280. The van der Waals surface area contributed by atoms with Gasteiger partial charge in [-0.15, -0.1) is 0 Å². The highest BCUT2D eigenvalue weighted by atomic mass is 16.3. The van der Waals surface area contributed by atoms with E-state index in [9.17, 15) is 9.59 Å². The number of hydrogen-bond acceptors (Lipinski definition) is 3. The molecule has 1 aliphatic rings. The van der Waals surface area contributed by atoms with Gasteiger partial charge in [-0.2, -0.15) is 0 Å². The molecule has 0 aromatic rings. The Labute approximate surface area is 102 Å². The van der Waals surface area contributed by atoms with Crippen molar-refractivity contribution in [1.82, 2.24) is 5.32 Å². The van der Waals surface area contributed by atoms with Crippen molar-refractivity contribution in [1.29, 1.82) is 0 Å². The molecule has 17 heavy (non-hydrogen) atoms. The Morgan fingerprint density at radius 3 is 2.41 bits per heavy atom. The maximum absolute atomic E-state index is 11.5. The van der Waals surface area contributed by atoms with Gasteiger partial charge in [0.2, 0.25) is 11.8 Å². The molecule has 1 atom stereocenters. The van der Waals surface area contributed by atoms with Crippen LogP contribution in [0.15, 0.2) is 0 Å². The zero-order valence-corrected chi connectivity index (χ0v) is 10.3. The molecular weight excluding hydrogens is 220 g/mol. The van der Waals surface area contributed by atoms with Gasteiger partial charge < -0.3 is 16.2 Å². The topological polar surface area (TPSA) is 92.4 Å². The summed E-state index contributed by atoms with van der Waals surface area (Å²) in [7, 11) is 0. The van der Waals surface area contributed by atoms with E-state index in [-0.39, 0.29) is 23.8 Å². The van der Waals surface area contributed by atoms with Crippen LogP contribution in [0.4, 0.5) is 0 Å². The first kappa shape index (κ1) is 14.0. The highest BCUT2D eigenvalue weighted by Gasteiger charge is 2.25. The second-order valence-electron chi connectivity index (χ2n) is 4.91. The average molecular weight is 242 g/mol. The van der Waals surface area contributed by atoms with E-state index in [4.69, 9.17) is 10.8 Å². The van der Waals surface area contributed by atoms with Gasteiger partial charge in [-0.05, 0) is 39.0 Å². The van der Waals surface area contributed by atoms with Crippen molar-refractivity contribution in [3.8, 4) is 0 Å². The minimum Gasteiger partial charge on any atom is -0.393 e. The third-order valence-electron chi connectivity index (χ3n) is 3.28. The summed E-state index contributed by atoms with van der Waals surface area (Å²) >= 11 is 0. The van der Waals surface area contributed by atoms with Crippen molar-refractivity contribution in [3.63, 3.8) is 0 Å². The monoisotopic (exact) mass is 242 g/mol. The van der Waals surface area contributed by atoms with Gasteiger partial charge in [0.25, 0.3) is 0 Å². The van der Waals surface area contributed by atoms with Gasteiger partial charge in [-0.3, -0.25) is 9.59 Å². The maximum Gasteiger partial charge on any atom is 0.220 e. The lowest BCUT2D eigenvalue weighted by Crippen LogP contribution is -2.39. The first-order chi connectivity index (χ1) is 7.99. The van der Waals surface area contributed by atoms with E-state index in [1.54, 1.807) is 6.92 Å². The number of carbonyl (C=O) groups is 2. The van der Waals surface area contributed by atoms with Crippen LogP contribution in [0.2, 0.25) is 0 Å². The molecule has 4 N–H and O–H groups in total. The molecule has 98 valence electrons. The summed E-state index contributed by atoms with van der Waals surface area (Å²) in [5.41, 5.74) is 5.24. The summed E-state index contributed by atoms with van der Waals surface area (Å²) in [6, 6.07) is 0.159. The molecule has 0 aromatic carbocycles.